The molecule has 0 bridgehead atoms. The van der Waals surface area contributed by atoms with E-state index in [1.165, 1.54) is 21.3 Å². The van der Waals surface area contributed by atoms with Gasteiger partial charge < -0.3 is 10.1 Å². The van der Waals surface area contributed by atoms with E-state index in [1.807, 2.05) is 31.2 Å². The molecule has 9 nitrogen and oxygen atoms in total. The Morgan fingerprint density at radius 2 is 1.80 bits per heavy atom. The monoisotopic (exact) mass is 586 g/mol. The molecule has 2 aliphatic rings. The molecule has 4 rings (SSSR count). The third-order valence-corrected chi connectivity index (χ3v) is 9.19. The van der Waals surface area contributed by atoms with Gasteiger partial charge in [-0.25, -0.2) is 18.0 Å². The highest BCUT2D eigenvalue weighted by molar-refractivity contribution is 7.89. The molecule has 214 valence electrons. The van der Waals surface area contributed by atoms with E-state index in [0.29, 0.717) is 42.3 Å². The molecule has 2 aromatic carbocycles. The first-order valence-electron chi connectivity index (χ1n) is 13.3. The third-order valence-electron chi connectivity index (χ3n) is 7.03. The fourth-order valence-corrected chi connectivity index (χ4v) is 6.56. The minimum Gasteiger partial charge on any atom is -0.463 e. The average molecular weight is 587 g/mol. The van der Waals surface area contributed by atoms with Crippen molar-refractivity contribution in [3.63, 3.8) is 0 Å². The lowest BCUT2D eigenvalue weighted by Gasteiger charge is -2.38. The first kappa shape index (κ1) is 29.8. The smallest absolute Gasteiger partial charge is 0.338 e. The normalized spacial score (nSPS) is 19.2. The number of nitrogens with one attached hydrogen (secondary N) is 1. The van der Waals surface area contributed by atoms with Crippen molar-refractivity contribution in [2.75, 3.05) is 45.9 Å². The van der Waals surface area contributed by atoms with Crippen molar-refractivity contribution in [1.29, 1.82) is 0 Å². The molecule has 40 heavy (non-hydrogen) atoms. The van der Waals surface area contributed by atoms with Crippen molar-refractivity contribution in [3.8, 4) is 0 Å². The van der Waals surface area contributed by atoms with Gasteiger partial charge in [-0.15, -0.1) is 6.58 Å². The lowest BCUT2D eigenvalue weighted by atomic mass is 9.93. The molecular formula is C29H35ClN4O5S. The van der Waals surface area contributed by atoms with Gasteiger partial charge in [0, 0.05) is 43.4 Å². The Labute approximate surface area is 241 Å². The lowest BCUT2D eigenvalue weighted by molar-refractivity contribution is -0.139. The molecule has 0 spiro atoms. The van der Waals surface area contributed by atoms with Crippen LogP contribution in [-0.2, 0) is 19.6 Å². The van der Waals surface area contributed by atoms with Crippen molar-refractivity contribution in [2.24, 2.45) is 0 Å². The Bertz CT molecular complexity index is 1380. The van der Waals surface area contributed by atoms with Gasteiger partial charge in [-0.2, -0.15) is 4.31 Å². The molecule has 1 N–H and O–H groups in total. The highest BCUT2D eigenvalue weighted by Crippen LogP contribution is 2.32. The second kappa shape index (κ2) is 13.0. The molecule has 11 heteroatoms. The predicted octanol–water partition coefficient (Wildman–Crippen LogP) is 4.11. The maximum Gasteiger partial charge on any atom is 0.338 e. The molecule has 0 saturated carbocycles. The van der Waals surface area contributed by atoms with Crippen LogP contribution in [0.3, 0.4) is 0 Å². The Balaban J connectivity index is 1.66. The number of ether oxygens (including phenoxy) is 1. The number of nitrogens with zero attached hydrogens (tertiary/aromatic N) is 3. The number of esters is 1. The first-order chi connectivity index (χ1) is 19.1. The quantitative estimate of drug-likeness (QED) is 0.351. The van der Waals surface area contributed by atoms with Gasteiger partial charge in [-0.05, 0) is 56.6 Å². The summed E-state index contributed by atoms with van der Waals surface area (Å²) >= 11 is 5.95. The lowest BCUT2D eigenvalue weighted by Crippen LogP contribution is -2.51. The van der Waals surface area contributed by atoms with Crippen LogP contribution in [0.4, 0.5) is 4.79 Å². The van der Waals surface area contributed by atoms with Gasteiger partial charge in [0.15, 0.2) is 0 Å². The molecule has 2 aliphatic heterocycles. The number of urea groups is 1. The van der Waals surface area contributed by atoms with Crippen molar-refractivity contribution < 1.29 is 22.7 Å². The van der Waals surface area contributed by atoms with Crippen molar-refractivity contribution >= 4 is 33.6 Å². The fourth-order valence-electron chi connectivity index (χ4n) is 4.97. The number of carbonyl (C=O) groups is 2. The van der Waals surface area contributed by atoms with Gasteiger partial charge >= 0.3 is 12.0 Å². The number of hydrogen-bond acceptors (Lipinski definition) is 6. The number of hydrogen-bond donors (Lipinski definition) is 1. The Kier molecular flexibility index (Phi) is 9.68. The molecule has 2 aromatic rings. The van der Waals surface area contributed by atoms with Crippen LogP contribution in [0.25, 0.3) is 0 Å². The Hall–Kier alpha value is -3.18. The zero-order valence-corrected chi connectivity index (χ0v) is 24.4. The fraction of sp³-hybridized carbons (Fsp3) is 0.379. The number of carbonyl (C=O) groups excluding carboxylic acids is 2. The summed E-state index contributed by atoms with van der Waals surface area (Å²) in [4.78, 5) is 30.5. The molecule has 0 aliphatic carbocycles. The van der Waals surface area contributed by atoms with Gasteiger partial charge in [0.2, 0.25) is 10.0 Å². The summed E-state index contributed by atoms with van der Waals surface area (Å²) in [5, 5.41) is 3.44. The summed E-state index contributed by atoms with van der Waals surface area (Å²) in [7, 11) is -3.69. The molecule has 0 aromatic heterocycles. The third kappa shape index (κ3) is 6.58. The van der Waals surface area contributed by atoms with Gasteiger partial charge in [0.1, 0.15) is 0 Å². The predicted molar refractivity (Wildman–Crippen MR) is 154 cm³/mol. The largest absolute Gasteiger partial charge is 0.463 e. The molecule has 1 unspecified atom stereocenters. The molecule has 1 atom stereocenters. The van der Waals surface area contributed by atoms with Crippen molar-refractivity contribution in [1.82, 2.24) is 19.4 Å². The molecule has 0 radical (unpaired) electrons. The number of halogens is 1. The average Bonchev–Trinajstić information content (AvgIpc) is 3.17. The highest BCUT2D eigenvalue weighted by atomic mass is 35.5. The summed E-state index contributed by atoms with van der Waals surface area (Å²) in [6.45, 7) is 9.80. The molecule has 1 saturated heterocycles. The van der Waals surface area contributed by atoms with Crippen LogP contribution in [0.5, 0.6) is 0 Å². The standard InChI is InChI=1S/C29H35ClN4O5S/c1-4-15-34-25(26(28(35)39-5-2)27(31-29(34)36)22-9-7-21(3)8-10-22)20-32-16-6-17-33(19-18-32)40(37,38)24-13-11-23(30)12-14-24/h4,7-14,27H,1,5-6,15-20H2,2-3H3,(H,31,36). The number of sulfonamides is 1. The number of rotatable bonds is 9. The molecule has 2 heterocycles. The highest BCUT2D eigenvalue weighted by Gasteiger charge is 2.39. The van der Waals surface area contributed by atoms with Crippen LogP contribution in [0, 0.1) is 6.92 Å². The first-order valence-corrected chi connectivity index (χ1v) is 15.1. The van der Waals surface area contributed by atoms with Gasteiger partial charge in [-0.3, -0.25) is 9.80 Å². The number of benzene rings is 2. The SMILES string of the molecule is C=CCN1C(=O)NC(c2ccc(C)cc2)C(C(=O)OCC)=C1CN1CCCN(S(=O)(=O)c2ccc(Cl)cc2)CC1. The van der Waals surface area contributed by atoms with E-state index in [-0.39, 0.29) is 37.2 Å². The van der Waals surface area contributed by atoms with E-state index in [0.717, 1.165) is 11.1 Å². The Morgan fingerprint density at radius 3 is 2.45 bits per heavy atom. The summed E-state index contributed by atoms with van der Waals surface area (Å²) < 4.78 is 33.5. The van der Waals surface area contributed by atoms with Gasteiger partial charge in [0.05, 0.1) is 23.1 Å². The summed E-state index contributed by atoms with van der Waals surface area (Å²) in [5.41, 5.74) is 2.72. The van der Waals surface area contributed by atoms with Gasteiger partial charge in [0.25, 0.3) is 0 Å². The van der Waals surface area contributed by atoms with Crippen LogP contribution in [0.1, 0.15) is 30.5 Å². The zero-order valence-electron chi connectivity index (χ0n) is 22.8. The van der Waals surface area contributed by atoms with Gasteiger partial charge in [-0.1, -0.05) is 47.5 Å². The maximum absolute atomic E-state index is 13.4. The van der Waals surface area contributed by atoms with Crippen LogP contribution in [0.2, 0.25) is 5.02 Å². The van der Waals surface area contributed by atoms with E-state index in [1.54, 1.807) is 25.1 Å². The van der Waals surface area contributed by atoms with Crippen molar-refractivity contribution in [3.05, 3.63) is 88.6 Å². The van der Waals surface area contributed by atoms with Crippen LogP contribution in [0.15, 0.2) is 77.4 Å². The minimum absolute atomic E-state index is 0.187. The molecule has 2 amide bonds. The summed E-state index contributed by atoms with van der Waals surface area (Å²) in [6.07, 6.45) is 2.20. The maximum atomic E-state index is 13.4. The molecule has 1 fully saturated rings. The van der Waals surface area contributed by atoms with E-state index in [4.69, 9.17) is 16.3 Å². The zero-order chi connectivity index (χ0) is 28.9. The number of amides is 2. The van der Waals surface area contributed by atoms with E-state index in [2.05, 4.69) is 16.8 Å². The summed E-state index contributed by atoms with van der Waals surface area (Å²) in [5.74, 6) is -0.501. The number of aryl methyl sites for hydroxylation is 1. The van der Waals surface area contributed by atoms with Crippen molar-refractivity contribution in [2.45, 2.75) is 31.2 Å². The van der Waals surface area contributed by atoms with Crippen LogP contribution >= 0.6 is 11.6 Å². The second-order valence-corrected chi connectivity index (χ2v) is 12.1. The van der Waals surface area contributed by atoms with E-state index in [9.17, 15) is 18.0 Å². The minimum atomic E-state index is -3.69. The summed E-state index contributed by atoms with van der Waals surface area (Å²) in [6, 6.07) is 12.8. The molecular weight excluding hydrogens is 552 g/mol. The Morgan fingerprint density at radius 1 is 1.10 bits per heavy atom. The van der Waals surface area contributed by atoms with E-state index < -0.39 is 22.0 Å². The topological polar surface area (TPSA) is 99.3 Å². The van der Waals surface area contributed by atoms with Crippen LogP contribution in [-0.4, -0.2) is 80.4 Å². The van der Waals surface area contributed by atoms with E-state index >= 15 is 0 Å². The second-order valence-electron chi connectivity index (χ2n) is 9.76. The van der Waals surface area contributed by atoms with Crippen LogP contribution < -0.4 is 5.32 Å².